The topological polar surface area (TPSA) is 60.9 Å². The highest BCUT2D eigenvalue weighted by Crippen LogP contribution is 2.24. The third kappa shape index (κ3) is 4.99. The lowest BCUT2D eigenvalue weighted by molar-refractivity contribution is -0.138. The maximum absolute atomic E-state index is 13.9. The zero-order valence-electron chi connectivity index (χ0n) is 15.4. The van der Waals surface area contributed by atoms with E-state index in [1.54, 1.807) is 12.1 Å². The Labute approximate surface area is 164 Å². The SMILES string of the molecule is CS(=O)(=O)N1CCC(C(=O)N2CCN(Cc3c(F)cccc3Cl)CC2)CC1. The van der Waals surface area contributed by atoms with Crippen molar-refractivity contribution in [3.05, 3.63) is 34.6 Å². The molecule has 0 aliphatic carbocycles. The molecule has 1 aromatic rings. The first kappa shape index (κ1) is 20.5. The smallest absolute Gasteiger partial charge is 0.225 e. The summed E-state index contributed by atoms with van der Waals surface area (Å²) < 4.78 is 38.6. The summed E-state index contributed by atoms with van der Waals surface area (Å²) in [5, 5.41) is 0.422. The molecule has 0 unspecified atom stereocenters. The summed E-state index contributed by atoms with van der Waals surface area (Å²) in [5.41, 5.74) is 0.493. The van der Waals surface area contributed by atoms with Crippen LogP contribution in [0.1, 0.15) is 18.4 Å². The van der Waals surface area contributed by atoms with Crippen molar-refractivity contribution in [3.8, 4) is 0 Å². The normalized spacial score (nSPS) is 20.8. The summed E-state index contributed by atoms with van der Waals surface area (Å²) in [4.78, 5) is 16.7. The van der Waals surface area contributed by atoms with Crippen LogP contribution in [0, 0.1) is 11.7 Å². The maximum Gasteiger partial charge on any atom is 0.225 e. The third-order valence-corrected chi connectivity index (χ3v) is 7.06. The molecule has 0 N–H and O–H groups in total. The molecule has 2 heterocycles. The monoisotopic (exact) mass is 417 g/mol. The number of carbonyl (C=O) groups is 1. The standard InChI is InChI=1S/C18H25ClFN3O3S/c1-27(25,26)23-7-5-14(6-8-23)18(24)22-11-9-21(10-12-22)13-15-16(19)3-2-4-17(15)20/h2-4,14H,5-13H2,1H3. The quantitative estimate of drug-likeness (QED) is 0.749. The molecule has 0 aromatic heterocycles. The average Bonchev–Trinajstić information content (AvgIpc) is 2.64. The van der Waals surface area contributed by atoms with Gasteiger partial charge in [-0.25, -0.2) is 17.1 Å². The molecule has 0 saturated carbocycles. The van der Waals surface area contributed by atoms with E-state index in [-0.39, 0.29) is 17.6 Å². The lowest BCUT2D eigenvalue weighted by Gasteiger charge is -2.38. The number of sulfonamides is 1. The Morgan fingerprint density at radius 1 is 1.15 bits per heavy atom. The average molecular weight is 418 g/mol. The summed E-state index contributed by atoms with van der Waals surface area (Å²) in [7, 11) is -3.18. The Hall–Kier alpha value is -1.22. The van der Waals surface area contributed by atoms with Crippen LogP contribution in [-0.4, -0.2) is 74.0 Å². The Morgan fingerprint density at radius 2 is 1.78 bits per heavy atom. The van der Waals surface area contributed by atoms with Crippen LogP contribution in [0.25, 0.3) is 0 Å². The minimum Gasteiger partial charge on any atom is -0.340 e. The van der Waals surface area contributed by atoms with Crippen LogP contribution in [0.2, 0.25) is 5.02 Å². The van der Waals surface area contributed by atoms with E-state index < -0.39 is 10.0 Å². The van der Waals surface area contributed by atoms with Gasteiger partial charge in [0.2, 0.25) is 15.9 Å². The fourth-order valence-corrected chi connectivity index (χ4v) is 4.82. The van der Waals surface area contributed by atoms with Gasteiger partial charge in [-0.3, -0.25) is 9.69 Å². The van der Waals surface area contributed by atoms with Gasteiger partial charge in [0.15, 0.2) is 0 Å². The number of amides is 1. The van der Waals surface area contributed by atoms with Crippen molar-refractivity contribution in [1.29, 1.82) is 0 Å². The van der Waals surface area contributed by atoms with E-state index in [1.807, 2.05) is 4.90 Å². The molecule has 2 saturated heterocycles. The number of benzene rings is 1. The number of halogens is 2. The summed E-state index contributed by atoms with van der Waals surface area (Å²) in [5.74, 6) is -0.319. The molecular formula is C18H25ClFN3O3S. The van der Waals surface area contributed by atoms with E-state index in [2.05, 4.69) is 4.90 Å². The highest BCUT2D eigenvalue weighted by Gasteiger charge is 2.32. The molecule has 27 heavy (non-hydrogen) atoms. The summed E-state index contributed by atoms with van der Waals surface area (Å²) >= 11 is 6.10. The highest BCUT2D eigenvalue weighted by molar-refractivity contribution is 7.88. The van der Waals surface area contributed by atoms with E-state index in [1.165, 1.54) is 16.6 Å². The predicted octanol–water partition coefficient (Wildman–Crippen LogP) is 1.79. The van der Waals surface area contributed by atoms with Crippen LogP contribution in [0.15, 0.2) is 18.2 Å². The number of rotatable bonds is 4. The lowest BCUT2D eigenvalue weighted by atomic mass is 9.96. The minimum atomic E-state index is -3.18. The van der Waals surface area contributed by atoms with E-state index in [4.69, 9.17) is 11.6 Å². The van der Waals surface area contributed by atoms with E-state index in [0.717, 1.165) is 0 Å². The van der Waals surface area contributed by atoms with Crippen molar-refractivity contribution in [2.24, 2.45) is 5.92 Å². The second kappa shape index (κ2) is 8.43. The fourth-order valence-electron chi connectivity index (χ4n) is 3.73. The first-order valence-corrected chi connectivity index (χ1v) is 11.4. The summed E-state index contributed by atoms with van der Waals surface area (Å²) in [6, 6.07) is 4.68. The van der Waals surface area contributed by atoms with Crippen molar-refractivity contribution in [2.75, 3.05) is 45.5 Å². The third-order valence-electron chi connectivity index (χ3n) is 5.40. The second-order valence-corrected chi connectivity index (χ2v) is 9.63. The predicted molar refractivity (Wildman–Crippen MR) is 102 cm³/mol. The summed E-state index contributed by atoms with van der Waals surface area (Å²) in [6.45, 7) is 3.76. The lowest BCUT2D eigenvalue weighted by Crippen LogP contribution is -2.51. The van der Waals surface area contributed by atoms with Crippen molar-refractivity contribution in [2.45, 2.75) is 19.4 Å². The molecule has 6 nitrogen and oxygen atoms in total. The number of hydrogen-bond donors (Lipinski definition) is 0. The first-order chi connectivity index (χ1) is 12.8. The molecule has 2 aliphatic rings. The van der Waals surface area contributed by atoms with Gasteiger partial charge in [0.05, 0.1) is 6.26 Å². The van der Waals surface area contributed by atoms with Crippen LogP contribution in [0.3, 0.4) is 0 Å². The van der Waals surface area contributed by atoms with Crippen LogP contribution < -0.4 is 0 Å². The number of nitrogens with zero attached hydrogens (tertiary/aromatic N) is 3. The second-order valence-electron chi connectivity index (χ2n) is 7.24. The van der Waals surface area contributed by atoms with Gasteiger partial charge in [-0.15, -0.1) is 0 Å². The van der Waals surface area contributed by atoms with E-state index in [0.29, 0.717) is 69.2 Å². The number of hydrogen-bond acceptors (Lipinski definition) is 4. The van der Waals surface area contributed by atoms with E-state index in [9.17, 15) is 17.6 Å². The Balaban J connectivity index is 1.50. The maximum atomic E-state index is 13.9. The van der Waals surface area contributed by atoms with Gasteiger partial charge < -0.3 is 4.90 Å². The number of piperazine rings is 1. The Morgan fingerprint density at radius 3 is 2.33 bits per heavy atom. The molecule has 3 rings (SSSR count). The zero-order valence-corrected chi connectivity index (χ0v) is 17.0. The van der Waals surface area contributed by atoms with Crippen LogP contribution in [-0.2, 0) is 21.4 Å². The fraction of sp³-hybridized carbons (Fsp3) is 0.611. The summed E-state index contributed by atoms with van der Waals surface area (Å²) in [6.07, 6.45) is 2.34. The van der Waals surface area contributed by atoms with Crippen molar-refractivity contribution in [3.63, 3.8) is 0 Å². The van der Waals surface area contributed by atoms with Crippen LogP contribution in [0.5, 0.6) is 0 Å². The van der Waals surface area contributed by atoms with Gasteiger partial charge in [-0.05, 0) is 25.0 Å². The molecule has 0 radical (unpaired) electrons. The number of piperidine rings is 1. The van der Waals surface area contributed by atoms with Crippen LogP contribution in [0.4, 0.5) is 4.39 Å². The molecule has 0 atom stereocenters. The molecular weight excluding hydrogens is 393 g/mol. The molecule has 2 aliphatic heterocycles. The molecule has 9 heteroatoms. The largest absolute Gasteiger partial charge is 0.340 e. The molecule has 0 bridgehead atoms. The number of carbonyl (C=O) groups excluding carboxylic acids is 1. The van der Waals surface area contributed by atoms with Gasteiger partial charge in [0.25, 0.3) is 0 Å². The van der Waals surface area contributed by atoms with Gasteiger partial charge >= 0.3 is 0 Å². The van der Waals surface area contributed by atoms with Crippen molar-refractivity contribution < 1.29 is 17.6 Å². The van der Waals surface area contributed by atoms with E-state index >= 15 is 0 Å². The van der Waals surface area contributed by atoms with Crippen LogP contribution >= 0.6 is 11.6 Å². The highest BCUT2D eigenvalue weighted by atomic mass is 35.5. The molecule has 0 spiro atoms. The van der Waals surface area contributed by atoms with Gasteiger partial charge in [-0.1, -0.05) is 17.7 Å². The van der Waals surface area contributed by atoms with Gasteiger partial charge in [-0.2, -0.15) is 0 Å². The molecule has 1 aromatic carbocycles. The van der Waals surface area contributed by atoms with Crippen molar-refractivity contribution >= 4 is 27.5 Å². The van der Waals surface area contributed by atoms with Gasteiger partial charge in [0.1, 0.15) is 5.82 Å². The zero-order chi connectivity index (χ0) is 19.6. The Kier molecular flexibility index (Phi) is 6.40. The molecule has 1 amide bonds. The minimum absolute atomic E-state index is 0.103. The molecule has 150 valence electrons. The first-order valence-electron chi connectivity index (χ1n) is 9.15. The van der Waals surface area contributed by atoms with Crippen molar-refractivity contribution in [1.82, 2.24) is 14.1 Å². The molecule has 2 fully saturated rings. The van der Waals surface area contributed by atoms with Gasteiger partial charge in [0, 0.05) is 62.3 Å². The Bertz CT molecular complexity index is 769.